The largest absolute Gasteiger partial charge is 0.480 e. The average molecular weight is 327 g/mol. The molecule has 0 aromatic carbocycles. The van der Waals surface area contributed by atoms with Crippen LogP contribution in [0.1, 0.15) is 35.3 Å². The standard InChI is InChI=1S/C14H21N3O4S/c1-8(2)13-15-9(7-22-13)14(21)17-4-10(11(18)5-17)16(3)6-12(19)20/h7-8,10-11,18H,4-6H2,1-3H3,(H,19,20)/t10-,11+/m0/s1. The summed E-state index contributed by atoms with van der Waals surface area (Å²) in [6, 6.07) is -0.372. The molecule has 1 aliphatic heterocycles. The Hall–Kier alpha value is -1.51. The molecule has 1 fully saturated rings. The summed E-state index contributed by atoms with van der Waals surface area (Å²) in [5, 5.41) is 21.6. The van der Waals surface area contributed by atoms with Crippen LogP contribution in [-0.2, 0) is 4.79 Å². The normalized spacial score (nSPS) is 21.8. The molecule has 0 spiro atoms. The number of hydrogen-bond donors (Lipinski definition) is 2. The maximum Gasteiger partial charge on any atom is 0.317 e. The maximum atomic E-state index is 12.4. The second-order valence-corrected chi connectivity index (χ2v) is 6.77. The molecular formula is C14H21N3O4S. The highest BCUT2D eigenvalue weighted by Crippen LogP contribution is 2.22. The van der Waals surface area contributed by atoms with Crippen LogP contribution in [0.5, 0.6) is 0 Å². The number of carboxylic acid groups (broad SMARTS) is 1. The van der Waals surface area contributed by atoms with Gasteiger partial charge in [0.15, 0.2) is 0 Å². The van der Waals surface area contributed by atoms with Crippen molar-refractivity contribution < 1.29 is 19.8 Å². The Balaban J connectivity index is 2.04. The molecule has 0 radical (unpaired) electrons. The van der Waals surface area contributed by atoms with Gasteiger partial charge in [-0.15, -0.1) is 11.3 Å². The quantitative estimate of drug-likeness (QED) is 0.816. The number of likely N-dealkylation sites (tertiary alicyclic amines) is 1. The Kier molecular flexibility index (Phi) is 5.15. The second kappa shape index (κ2) is 6.72. The number of likely N-dealkylation sites (N-methyl/N-ethyl adjacent to an activating group) is 1. The molecule has 0 unspecified atom stereocenters. The average Bonchev–Trinajstić information content (AvgIpc) is 3.03. The Morgan fingerprint density at radius 2 is 2.18 bits per heavy atom. The molecule has 0 aliphatic carbocycles. The zero-order valence-corrected chi connectivity index (χ0v) is 13.7. The van der Waals surface area contributed by atoms with Crippen molar-refractivity contribution >= 4 is 23.2 Å². The summed E-state index contributed by atoms with van der Waals surface area (Å²) in [6.07, 6.45) is -0.753. The van der Waals surface area contributed by atoms with Crippen LogP contribution in [0, 0.1) is 0 Å². The van der Waals surface area contributed by atoms with Gasteiger partial charge >= 0.3 is 5.97 Å². The van der Waals surface area contributed by atoms with Gasteiger partial charge in [-0.05, 0) is 7.05 Å². The zero-order valence-electron chi connectivity index (χ0n) is 12.9. The fourth-order valence-electron chi connectivity index (χ4n) is 2.51. The van der Waals surface area contributed by atoms with Gasteiger partial charge in [0.05, 0.1) is 23.7 Å². The third kappa shape index (κ3) is 3.63. The topological polar surface area (TPSA) is 94.0 Å². The third-order valence-electron chi connectivity index (χ3n) is 3.73. The number of aliphatic carboxylic acids is 1. The van der Waals surface area contributed by atoms with E-state index in [0.29, 0.717) is 12.2 Å². The number of rotatable bonds is 5. The van der Waals surface area contributed by atoms with Crippen LogP contribution < -0.4 is 0 Å². The number of carboxylic acids is 1. The first-order valence-corrected chi connectivity index (χ1v) is 8.02. The number of thiazole rings is 1. The molecule has 7 nitrogen and oxygen atoms in total. The Bertz CT molecular complexity index is 560. The minimum Gasteiger partial charge on any atom is -0.480 e. The maximum absolute atomic E-state index is 12.4. The number of aliphatic hydroxyl groups is 1. The first kappa shape index (κ1) is 16.9. The van der Waals surface area contributed by atoms with E-state index >= 15 is 0 Å². The second-order valence-electron chi connectivity index (χ2n) is 5.88. The molecule has 1 amide bonds. The fourth-order valence-corrected chi connectivity index (χ4v) is 3.32. The van der Waals surface area contributed by atoms with E-state index in [9.17, 15) is 14.7 Å². The number of aromatic nitrogens is 1. The molecule has 1 aliphatic rings. The number of amides is 1. The molecule has 1 aromatic rings. The summed E-state index contributed by atoms with van der Waals surface area (Å²) in [4.78, 5) is 30.6. The van der Waals surface area contributed by atoms with Gasteiger partial charge in [0, 0.05) is 24.4 Å². The molecule has 1 saturated heterocycles. The lowest BCUT2D eigenvalue weighted by Crippen LogP contribution is -2.43. The summed E-state index contributed by atoms with van der Waals surface area (Å²) in [6.45, 7) is 4.37. The number of carbonyl (C=O) groups is 2. The molecule has 2 N–H and O–H groups in total. The molecule has 2 heterocycles. The van der Waals surface area contributed by atoms with Crippen LogP contribution in [0.25, 0.3) is 0 Å². The highest BCUT2D eigenvalue weighted by atomic mass is 32.1. The fraction of sp³-hybridized carbons (Fsp3) is 0.643. The molecule has 1 aromatic heterocycles. The van der Waals surface area contributed by atoms with E-state index in [1.807, 2.05) is 13.8 Å². The number of aliphatic hydroxyl groups excluding tert-OH is 1. The van der Waals surface area contributed by atoms with Crippen molar-refractivity contribution in [1.82, 2.24) is 14.8 Å². The Morgan fingerprint density at radius 3 is 2.73 bits per heavy atom. The van der Waals surface area contributed by atoms with Gasteiger partial charge in [-0.25, -0.2) is 4.98 Å². The van der Waals surface area contributed by atoms with Crippen molar-refractivity contribution in [2.45, 2.75) is 31.9 Å². The predicted octanol–water partition coefficient (Wildman–Crippen LogP) is 0.468. The van der Waals surface area contributed by atoms with E-state index in [-0.39, 0.29) is 31.0 Å². The van der Waals surface area contributed by atoms with Gasteiger partial charge in [-0.2, -0.15) is 0 Å². The molecule has 2 atom stereocenters. The molecule has 122 valence electrons. The van der Waals surface area contributed by atoms with Gasteiger partial charge in [0.25, 0.3) is 5.91 Å². The van der Waals surface area contributed by atoms with Crippen LogP contribution >= 0.6 is 11.3 Å². The van der Waals surface area contributed by atoms with Crippen LogP contribution in [0.2, 0.25) is 0 Å². The SMILES string of the molecule is CC(C)c1nc(C(=O)N2C[C@@H](O)[C@@H](N(C)CC(=O)O)C2)cs1. The zero-order chi connectivity index (χ0) is 16.4. The molecule has 22 heavy (non-hydrogen) atoms. The molecule has 0 bridgehead atoms. The first-order valence-electron chi connectivity index (χ1n) is 7.14. The van der Waals surface area contributed by atoms with Crippen molar-refractivity contribution in [3.8, 4) is 0 Å². The summed E-state index contributed by atoms with van der Waals surface area (Å²) >= 11 is 1.45. The van der Waals surface area contributed by atoms with Gasteiger partial charge in [-0.3, -0.25) is 14.5 Å². The number of nitrogens with zero attached hydrogens (tertiary/aromatic N) is 3. The third-order valence-corrected chi connectivity index (χ3v) is 4.88. The van der Waals surface area contributed by atoms with Crippen molar-refractivity contribution in [3.05, 3.63) is 16.1 Å². The van der Waals surface area contributed by atoms with E-state index in [4.69, 9.17) is 5.11 Å². The van der Waals surface area contributed by atoms with Crippen LogP contribution in [0.15, 0.2) is 5.38 Å². The van der Waals surface area contributed by atoms with Gasteiger partial charge in [0.1, 0.15) is 5.69 Å². The minimum atomic E-state index is -0.958. The Morgan fingerprint density at radius 1 is 1.50 bits per heavy atom. The van der Waals surface area contributed by atoms with Crippen molar-refractivity contribution in [1.29, 1.82) is 0 Å². The van der Waals surface area contributed by atoms with Crippen LogP contribution in [0.3, 0.4) is 0 Å². The molecular weight excluding hydrogens is 306 g/mol. The smallest absolute Gasteiger partial charge is 0.317 e. The number of hydrogen-bond acceptors (Lipinski definition) is 6. The Labute approximate surface area is 133 Å². The summed E-state index contributed by atoms with van der Waals surface area (Å²) in [7, 11) is 1.63. The van der Waals surface area contributed by atoms with E-state index in [2.05, 4.69) is 4.98 Å². The van der Waals surface area contributed by atoms with Crippen molar-refractivity contribution in [2.24, 2.45) is 0 Å². The van der Waals surface area contributed by atoms with Crippen molar-refractivity contribution in [2.75, 3.05) is 26.7 Å². The van der Waals surface area contributed by atoms with E-state index < -0.39 is 12.1 Å². The number of β-amino-alcohol motifs (C(OH)–C–C–N with tert-alkyl or cyclic N) is 1. The summed E-state index contributed by atoms with van der Waals surface area (Å²) in [5.74, 6) is -0.904. The van der Waals surface area contributed by atoms with E-state index in [0.717, 1.165) is 5.01 Å². The molecule has 2 rings (SSSR count). The van der Waals surface area contributed by atoms with Crippen molar-refractivity contribution in [3.63, 3.8) is 0 Å². The number of carbonyl (C=O) groups excluding carboxylic acids is 1. The van der Waals surface area contributed by atoms with Gasteiger partial charge in [0.2, 0.25) is 0 Å². The summed E-state index contributed by atoms with van der Waals surface area (Å²) in [5.41, 5.74) is 0.391. The van der Waals surface area contributed by atoms with Crippen LogP contribution in [-0.4, -0.2) is 75.7 Å². The predicted molar refractivity (Wildman–Crippen MR) is 82.2 cm³/mol. The lowest BCUT2D eigenvalue weighted by molar-refractivity contribution is -0.138. The van der Waals surface area contributed by atoms with E-state index in [1.165, 1.54) is 16.2 Å². The highest BCUT2D eigenvalue weighted by molar-refractivity contribution is 7.09. The first-order chi connectivity index (χ1) is 10.3. The molecule has 0 saturated carbocycles. The van der Waals surface area contributed by atoms with E-state index in [1.54, 1.807) is 17.3 Å². The lowest BCUT2D eigenvalue weighted by atomic mass is 10.2. The summed E-state index contributed by atoms with van der Waals surface area (Å²) < 4.78 is 0. The molecule has 8 heteroatoms. The highest BCUT2D eigenvalue weighted by Gasteiger charge is 2.37. The van der Waals surface area contributed by atoms with Gasteiger partial charge < -0.3 is 15.1 Å². The monoisotopic (exact) mass is 327 g/mol. The van der Waals surface area contributed by atoms with Crippen LogP contribution in [0.4, 0.5) is 0 Å². The van der Waals surface area contributed by atoms with Gasteiger partial charge in [-0.1, -0.05) is 13.8 Å². The lowest BCUT2D eigenvalue weighted by Gasteiger charge is -2.24. The minimum absolute atomic E-state index is 0.169.